The number of aliphatic hydroxyl groups is 1. The van der Waals surface area contributed by atoms with Crippen molar-refractivity contribution in [1.29, 1.82) is 0 Å². The summed E-state index contributed by atoms with van der Waals surface area (Å²) in [4.78, 5) is 14.6. The molecule has 2 unspecified atom stereocenters. The zero-order chi connectivity index (χ0) is 13.0. The summed E-state index contributed by atoms with van der Waals surface area (Å²) in [5.74, 6) is 0.708. The number of carbonyl (C=O) groups excluding carboxylic acids is 1. The van der Waals surface area contributed by atoms with Crippen LogP contribution in [0.4, 0.5) is 0 Å². The molecule has 0 aromatic heterocycles. The van der Waals surface area contributed by atoms with Gasteiger partial charge in [-0.1, -0.05) is 26.2 Å². The number of nitrogens with zero attached hydrogens (tertiary/aromatic N) is 1. The van der Waals surface area contributed by atoms with Gasteiger partial charge in [-0.3, -0.25) is 4.79 Å². The van der Waals surface area contributed by atoms with E-state index in [0.717, 1.165) is 25.9 Å². The van der Waals surface area contributed by atoms with E-state index in [4.69, 9.17) is 5.11 Å². The molecule has 0 spiro atoms. The number of aliphatic hydroxyl groups excluding tert-OH is 1. The van der Waals surface area contributed by atoms with Gasteiger partial charge in [0.15, 0.2) is 0 Å². The maximum Gasteiger partial charge on any atom is 0.240 e. The molecule has 4 nitrogen and oxygen atoms in total. The molecule has 1 saturated heterocycles. The Morgan fingerprint density at radius 2 is 2.06 bits per heavy atom. The topological polar surface area (TPSA) is 52.6 Å². The molecule has 1 aliphatic heterocycles. The molecule has 2 N–H and O–H groups in total. The van der Waals surface area contributed by atoms with Gasteiger partial charge in [0.1, 0.15) is 0 Å². The number of rotatable bonds is 3. The van der Waals surface area contributed by atoms with E-state index in [0.29, 0.717) is 18.4 Å². The smallest absolute Gasteiger partial charge is 0.240 e. The second-order valence-electron chi connectivity index (χ2n) is 5.86. The van der Waals surface area contributed by atoms with E-state index in [1.54, 1.807) is 0 Å². The summed E-state index contributed by atoms with van der Waals surface area (Å²) in [6.45, 7) is 4.02. The number of hydrogen-bond acceptors (Lipinski definition) is 3. The Morgan fingerprint density at radius 1 is 1.33 bits per heavy atom. The second kappa shape index (κ2) is 6.53. The average Bonchev–Trinajstić information content (AvgIpc) is 2.53. The van der Waals surface area contributed by atoms with E-state index in [9.17, 15) is 4.79 Å². The van der Waals surface area contributed by atoms with Gasteiger partial charge in [0, 0.05) is 25.7 Å². The third-order valence-corrected chi connectivity index (χ3v) is 4.24. The Labute approximate surface area is 110 Å². The number of amides is 1. The highest BCUT2D eigenvalue weighted by molar-refractivity contribution is 5.82. The Bertz CT molecular complexity index is 277. The summed E-state index contributed by atoms with van der Waals surface area (Å²) in [7, 11) is 0. The summed E-state index contributed by atoms with van der Waals surface area (Å²) >= 11 is 0. The van der Waals surface area contributed by atoms with E-state index in [-0.39, 0.29) is 18.6 Å². The molecule has 104 valence electrons. The zero-order valence-electron chi connectivity index (χ0n) is 11.4. The van der Waals surface area contributed by atoms with Crippen LogP contribution < -0.4 is 5.32 Å². The van der Waals surface area contributed by atoms with Crippen LogP contribution in [-0.4, -0.2) is 47.7 Å². The largest absolute Gasteiger partial charge is 0.396 e. The van der Waals surface area contributed by atoms with Crippen LogP contribution in [0, 0.1) is 5.92 Å². The molecular formula is C14H26N2O2. The van der Waals surface area contributed by atoms with Gasteiger partial charge in [0.05, 0.1) is 6.04 Å². The molecule has 1 saturated carbocycles. The molecular weight excluding hydrogens is 228 g/mol. The van der Waals surface area contributed by atoms with Gasteiger partial charge in [0.2, 0.25) is 5.91 Å². The van der Waals surface area contributed by atoms with Crippen molar-refractivity contribution in [2.24, 2.45) is 5.92 Å². The van der Waals surface area contributed by atoms with Crippen LogP contribution in [0.1, 0.15) is 45.4 Å². The Kier molecular flexibility index (Phi) is 5.01. The Balaban J connectivity index is 2.06. The summed E-state index contributed by atoms with van der Waals surface area (Å²) in [5, 5.41) is 12.4. The molecule has 2 rings (SSSR count). The number of hydrogen-bond donors (Lipinski definition) is 2. The first kappa shape index (κ1) is 13.8. The van der Waals surface area contributed by atoms with Crippen LogP contribution in [0.15, 0.2) is 0 Å². The van der Waals surface area contributed by atoms with Crippen molar-refractivity contribution in [3.8, 4) is 0 Å². The summed E-state index contributed by atoms with van der Waals surface area (Å²) in [6, 6.07) is 0.261. The second-order valence-corrected chi connectivity index (χ2v) is 5.86. The van der Waals surface area contributed by atoms with E-state index < -0.39 is 0 Å². The van der Waals surface area contributed by atoms with Crippen LogP contribution in [0.25, 0.3) is 0 Å². The van der Waals surface area contributed by atoms with Crippen LogP contribution >= 0.6 is 0 Å². The lowest BCUT2D eigenvalue weighted by Crippen LogP contribution is -2.49. The first-order chi connectivity index (χ1) is 8.72. The normalized spacial score (nSPS) is 31.4. The minimum atomic E-state index is -0.179. The van der Waals surface area contributed by atoms with Crippen molar-refractivity contribution in [2.45, 2.75) is 57.5 Å². The van der Waals surface area contributed by atoms with E-state index in [1.165, 1.54) is 19.3 Å². The molecule has 0 bridgehead atoms. The van der Waals surface area contributed by atoms with E-state index >= 15 is 0 Å². The van der Waals surface area contributed by atoms with Gasteiger partial charge in [-0.2, -0.15) is 0 Å². The third kappa shape index (κ3) is 3.23. The molecule has 2 aliphatic rings. The van der Waals surface area contributed by atoms with Crippen LogP contribution in [0.3, 0.4) is 0 Å². The molecule has 0 radical (unpaired) electrons. The maximum absolute atomic E-state index is 12.5. The molecule has 0 aromatic rings. The lowest BCUT2D eigenvalue weighted by molar-refractivity contribution is -0.136. The predicted molar refractivity (Wildman–Crippen MR) is 71.2 cm³/mol. The summed E-state index contributed by atoms with van der Waals surface area (Å²) < 4.78 is 0. The van der Waals surface area contributed by atoms with Crippen molar-refractivity contribution >= 4 is 5.91 Å². The fraction of sp³-hybridized carbons (Fsp3) is 0.929. The van der Waals surface area contributed by atoms with Crippen molar-refractivity contribution in [1.82, 2.24) is 10.2 Å². The third-order valence-electron chi connectivity index (χ3n) is 4.24. The first-order valence-electron chi connectivity index (χ1n) is 7.37. The van der Waals surface area contributed by atoms with E-state index in [2.05, 4.69) is 17.1 Å². The van der Waals surface area contributed by atoms with Crippen LogP contribution in [0.5, 0.6) is 0 Å². The fourth-order valence-electron chi connectivity index (χ4n) is 3.20. The van der Waals surface area contributed by atoms with Gasteiger partial charge in [-0.25, -0.2) is 0 Å². The van der Waals surface area contributed by atoms with Crippen molar-refractivity contribution in [3.63, 3.8) is 0 Å². The quantitative estimate of drug-likeness (QED) is 0.794. The van der Waals surface area contributed by atoms with Crippen molar-refractivity contribution in [2.75, 3.05) is 19.7 Å². The van der Waals surface area contributed by atoms with Gasteiger partial charge in [-0.15, -0.1) is 0 Å². The molecule has 0 aromatic carbocycles. The van der Waals surface area contributed by atoms with Crippen LogP contribution in [0.2, 0.25) is 0 Å². The first-order valence-corrected chi connectivity index (χ1v) is 7.37. The Morgan fingerprint density at radius 3 is 2.72 bits per heavy atom. The van der Waals surface area contributed by atoms with E-state index in [1.807, 2.05) is 0 Å². The number of carbonyl (C=O) groups is 1. The average molecular weight is 254 g/mol. The Hall–Kier alpha value is -0.610. The SMILES string of the molecule is CC1CNC(CCO)C(=O)N(C2CCCCC2)C1. The van der Waals surface area contributed by atoms with Gasteiger partial charge in [-0.05, 0) is 25.2 Å². The molecule has 2 atom stereocenters. The maximum atomic E-state index is 12.5. The molecule has 2 fully saturated rings. The fourth-order valence-corrected chi connectivity index (χ4v) is 3.20. The highest BCUT2D eigenvalue weighted by atomic mass is 16.3. The molecule has 1 amide bonds. The monoisotopic (exact) mass is 254 g/mol. The highest BCUT2D eigenvalue weighted by Crippen LogP contribution is 2.25. The molecule has 1 heterocycles. The lowest BCUT2D eigenvalue weighted by atomic mass is 9.93. The minimum Gasteiger partial charge on any atom is -0.396 e. The van der Waals surface area contributed by atoms with Crippen molar-refractivity contribution in [3.05, 3.63) is 0 Å². The van der Waals surface area contributed by atoms with Crippen LogP contribution in [-0.2, 0) is 4.79 Å². The standard InChI is InChI=1S/C14H26N2O2/c1-11-9-15-13(7-8-17)14(18)16(10-11)12-5-3-2-4-6-12/h11-13,15,17H,2-10H2,1H3. The van der Waals surface area contributed by atoms with Gasteiger partial charge < -0.3 is 15.3 Å². The highest BCUT2D eigenvalue weighted by Gasteiger charge is 2.33. The molecule has 4 heteroatoms. The molecule has 1 aliphatic carbocycles. The lowest BCUT2D eigenvalue weighted by Gasteiger charge is -2.35. The predicted octanol–water partition coefficient (Wildman–Crippen LogP) is 1.14. The van der Waals surface area contributed by atoms with Crippen molar-refractivity contribution < 1.29 is 9.90 Å². The van der Waals surface area contributed by atoms with Gasteiger partial charge >= 0.3 is 0 Å². The summed E-state index contributed by atoms with van der Waals surface area (Å²) in [5.41, 5.74) is 0. The number of nitrogens with one attached hydrogen (secondary N) is 1. The van der Waals surface area contributed by atoms with Gasteiger partial charge in [0.25, 0.3) is 0 Å². The minimum absolute atomic E-state index is 0.0797. The summed E-state index contributed by atoms with van der Waals surface area (Å²) in [6.07, 6.45) is 6.66. The molecule has 18 heavy (non-hydrogen) atoms. The zero-order valence-corrected chi connectivity index (χ0v) is 11.4.